The molecule has 2 rings (SSSR count). The van der Waals surface area contributed by atoms with Crippen LogP contribution in [0.4, 0.5) is 0 Å². The van der Waals surface area contributed by atoms with Crippen LogP contribution in [0, 0.1) is 4.77 Å². The number of halogens is 1. The number of thioether (sulfide) groups is 1. The van der Waals surface area contributed by atoms with Gasteiger partial charge in [0.1, 0.15) is 0 Å². The molecule has 0 saturated heterocycles. The Kier molecular flexibility index (Phi) is 5.15. The lowest BCUT2D eigenvalue weighted by Gasteiger charge is -2.05. The number of aryl methyl sites for hydroxylation is 1. The van der Waals surface area contributed by atoms with Gasteiger partial charge in [-0.25, -0.2) is 0 Å². The first-order chi connectivity index (χ1) is 8.74. The SMILES string of the molecule is CSCCCCCn1c(=S)[nH]c2cccc(Cl)c21. The molecule has 0 spiro atoms. The Hall–Kier alpha value is -0.450. The smallest absolute Gasteiger partial charge is 0.178 e. The predicted molar refractivity (Wildman–Crippen MR) is 84.4 cm³/mol. The molecular formula is C13H17ClN2S2. The van der Waals surface area contributed by atoms with Gasteiger partial charge in [0.05, 0.1) is 16.1 Å². The second-order valence-corrected chi connectivity index (χ2v) is 6.05. The van der Waals surface area contributed by atoms with Crippen LogP contribution in [0.2, 0.25) is 5.02 Å². The number of aromatic nitrogens is 2. The number of para-hydroxylation sites is 1. The van der Waals surface area contributed by atoms with Crippen LogP contribution in [0.1, 0.15) is 19.3 Å². The van der Waals surface area contributed by atoms with Crippen molar-refractivity contribution in [3.63, 3.8) is 0 Å². The molecule has 98 valence electrons. The number of nitrogens with zero attached hydrogens (tertiary/aromatic N) is 1. The number of nitrogens with one attached hydrogen (secondary N) is 1. The minimum Gasteiger partial charge on any atom is -0.331 e. The van der Waals surface area contributed by atoms with Crippen molar-refractivity contribution in [2.45, 2.75) is 25.8 Å². The van der Waals surface area contributed by atoms with Crippen molar-refractivity contribution in [2.24, 2.45) is 0 Å². The summed E-state index contributed by atoms with van der Waals surface area (Å²) in [5, 5.41) is 0.768. The molecule has 0 aliphatic heterocycles. The van der Waals surface area contributed by atoms with E-state index >= 15 is 0 Å². The number of hydrogen-bond acceptors (Lipinski definition) is 2. The van der Waals surface area contributed by atoms with Gasteiger partial charge >= 0.3 is 0 Å². The zero-order valence-electron chi connectivity index (χ0n) is 10.4. The highest BCUT2D eigenvalue weighted by Crippen LogP contribution is 2.23. The highest BCUT2D eigenvalue weighted by molar-refractivity contribution is 7.98. The maximum absolute atomic E-state index is 6.25. The molecule has 0 atom stereocenters. The van der Waals surface area contributed by atoms with Crippen molar-refractivity contribution < 1.29 is 0 Å². The van der Waals surface area contributed by atoms with Crippen molar-refractivity contribution in [3.05, 3.63) is 28.0 Å². The molecule has 0 unspecified atom stereocenters. The van der Waals surface area contributed by atoms with Gasteiger partial charge in [-0.15, -0.1) is 0 Å². The van der Waals surface area contributed by atoms with E-state index in [1.165, 1.54) is 18.6 Å². The molecule has 1 aromatic heterocycles. The van der Waals surface area contributed by atoms with Crippen molar-refractivity contribution in [3.8, 4) is 0 Å². The van der Waals surface area contributed by atoms with E-state index in [9.17, 15) is 0 Å². The third-order valence-corrected chi connectivity index (χ3v) is 4.30. The van der Waals surface area contributed by atoms with Crippen molar-refractivity contribution >= 4 is 46.6 Å². The third-order valence-electron chi connectivity index (χ3n) is 2.97. The topological polar surface area (TPSA) is 20.7 Å². The first kappa shape index (κ1) is 14.0. The van der Waals surface area contributed by atoms with Crippen LogP contribution in [-0.2, 0) is 6.54 Å². The van der Waals surface area contributed by atoms with Crippen LogP contribution in [-0.4, -0.2) is 21.6 Å². The van der Waals surface area contributed by atoms with Gasteiger partial charge < -0.3 is 9.55 Å². The Labute approximate surface area is 122 Å². The molecule has 1 aromatic carbocycles. The molecule has 1 N–H and O–H groups in total. The molecule has 2 aromatic rings. The van der Waals surface area contributed by atoms with Gasteiger partial charge in [0, 0.05) is 6.54 Å². The highest BCUT2D eigenvalue weighted by Gasteiger charge is 2.07. The first-order valence-electron chi connectivity index (χ1n) is 6.10. The maximum atomic E-state index is 6.25. The number of benzene rings is 1. The van der Waals surface area contributed by atoms with E-state index in [2.05, 4.69) is 15.8 Å². The molecule has 2 nitrogen and oxygen atoms in total. The Morgan fingerprint density at radius 1 is 1.33 bits per heavy atom. The summed E-state index contributed by atoms with van der Waals surface area (Å²) in [6.45, 7) is 0.941. The van der Waals surface area contributed by atoms with E-state index in [1.807, 2.05) is 30.0 Å². The summed E-state index contributed by atoms with van der Waals surface area (Å²) in [7, 11) is 0. The molecule has 0 aliphatic carbocycles. The molecule has 1 heterocycles. The molecule has 0 amide bonds. The van der Waals surface area contributed by atoms with Gasteiger partial charge in [-0.2, -0.15) is 11.8 Å². The van der Waals surface area contributed by atoms with Gasteiger partial charge in [-0.05, 0) is 49.2 Å². The van der Waals surface area contributed by atoms with Crippen molar-refractivity contribution in [1.29, 1.82) is 0 Å². The average molecular weight is 301 g/mol. The molecule has 0 radical (unpaired) electrons. The monoisotopic (exact) mass is 300 g/mol. The summed E-state index contributed by atoms with van der Waals surface area (Å²) in [6, 6.07) is 5.87. The number of rotatable bonds is 6. The molecule has 0 saturated carbocycles. The Morgan fingerprint density at radius 3 is 2.94 bits per heavy atom. The lowest BCUT2D eigenvalue weighted by molar-refractivity contribution is 0.611. The molecule has 5 heteroatoms. The van der Waals surface area contributed by atoms with Crippen LogP contribution in [0.5, 0.6) is 0 Å². The normalized spacial score (nSPS) is 11.2. The second kappa shape index (κ2) is 6.64. The van der Waals surface area contributed by atoms with Crippen LogP contribution in [0.3, 0.4) is 0 Å². The van der Waals surface area contributed by atoms with Gasteiger partial charge in [-0.1, -0.05) is 24.1 Å². The summed E-state index contributed by atoms with van der Waals surface area (Å²) >= 11 is 13.5. The highest BCUT2D eigenvalue weighted by atomic mass is 35.5. The Bertz CT molecular complexity index is 574. The van der Waals surface area contributed by atoms with Crippen LogP contribution < -0.4 is 0 Å². The molecular weight excluding hydrogens is 284 g/mol. The van der Waals surface area contributed by atoms with Gasteiger partial charge in [0.15, 0.2) is 4.77 Å². The van der Waals surface area contributed by atoms with Gasteiger partial charge in [-0.3, -0.25) is 0 Å². The van der Waals surface area contributed by atoms with Crippen molar-refractivity contribution in [2.75, 3.05) is 12.0 Å². The number of fused-ring (bicyclic) bond motifs is 1. The molecule has 0 bridgehead atoms. The molecule has 18 heavy (non-hydrogen) atoms. The Balaban J connectivity index is 2.12. The maximum Gasteiger partial charge on any atom is 0.178 e. The van der Waals surface area contributed by atoms with Gasteiger partial charge in [0.25, 0.3) is 0 Å². The lowest BCUT2D eigenvalue weighted by Crippen LogP contribution is -1.98. The number of H-pyrrole nitrogens is 1. The summed E-state index contributed by atoms with van der Waals surface area (Å²) in [5.41, 5.74) is 2.06. The average Bonchev–Trinajstić information content (AvgIpc) is 2.67. The summed E-state index contributed by atoms with van der Waals surface area (Å²) < 4.78 is 2.88. The van der Waals surface area contributed by atoms with Gasteiger partial charge in [0.2, 0.25) is 0 Å². The number of unbranched alkanes of at least 4 members (excludes halogenated alkanes) is 2. The third kappa shape index (κ3) is 3.11. The predicted octanol–water partition coefficient (Wildman–Crippen LogP) is 4.89. The number of imidazole rings is 1. The largest absolute Gasteiger partial charge is 0.331 e. The molecule has 0 aliphatic rings. The standard InChI is InChI=1S/C13H17ClN2S2/c1-18-9-4-2-3-8-16-12-10(14)6-5-7-11(12)15-13(16)17/h5-7H,2-4,8-9H2,1H3,(H,15,17). The molecule has 0 fully saturated rings. The van der Waals surface area contributed by atoms with E-state index in [1.54, 1.807) is 0 Å². The van der Waals surface area contributed by atoms with E-state index in [4.69, 9.17) is 23.8 Å². The minimum absolute atomic E-state index is 0.767. The lowest BCUT2D eigenvalue weighted by atomic mass is 10.2. The van der Waals surface area contributed by atoms with Crippen molar-refractivity contribution in [1.82, 2.24) is 9.55 Å². The fourth-order valence-electron chi connectivity index (χ4n) is 2.08. The quantitative estimate of drug-likeness (QED) is 0.606. The summed E-state index contributed by atoms with van der Waals surface area (Å²) in [6.07, 6.45) is 5.80. The fourth-order valence-corrected chi connectivity index (χ4v) is 3.14. The number of aromatic amines is 1. The first-order valence-corrected chi connectivity index (χ1v) is 8.28. The second-order valence-electron chi connectivity index (χ2n) is 4.27. The zero-order valence-corrected chi connectivity index (χ0v) is 12.8. The van der Waals surface area contributed by atoms with Crippen LogP contribution in [0.15, 0.2) is 18.2 Å². The zero-order chi connectivity index (χ0) is 13.0. The summed E-state index contributed by atoms with van der Waals surface area (Å²) in [4.78, 5) is 3.21. The van der Waals surface area contributed by atoms with E-state index < -0.39 is 0 Å². The van der Waals surface area contributed by atoms with E-state index in [0.717, 1.165) is 33.8 Å². The fraction of sp³-hybridized carbons (Fsp3) is 0.462. The minimum atomic E-state index is 0.767. The number of hydrogen-bond donors (Lipinski definition) is 1. The summed E-state index contributed by atoms with van der Waals surface area (Å²) in [5.74, 6) is 1.24. The van der Waals surface area contributed by atoms with Crippen LogP contribution >= 0.6 is 35.6 Å². The van der Waals surface area contributed by atoms with Crippen LogP contribution in [0.25, 0.3) is 11.0 Å². The van der Waals surface area contributed by atoms with E-state index in [-0.39, 0.29) is 0 Å². The van der Waals surface area contributed by atoms with E-state index in [0.29, 0.717) is 0 Å². The Morgan fingerprint density at radius 2 is 2.17 bits per heavy atom.